The van der Waals surface area contributed by atoms with Crippen molar-refractivity contribution in [1.29, 1.82) is 4.78 Å². The number of halogens is 1. The highest BCUT2D eigenvalue weighted by Crippen LogP contribution is 2.27. The summed E-state index contributed by atoms with van der Waals surface area (Å²) in [5.41, 5.74) is 0. The Morgan fingerprint density at radius 1 is 1.58 bits per heavy atom. The molecule has 0 spiro atoms. The molecule has 66 valence electrons. The summed E-state index contributed by atoms with van der Waals surface area (Å²) in [6, 6.07) is 4.96. The lowest BCUT2D eigenvalue weighted by Gasteiger charge is -2.04. The molecule has 1 aromatic carbocycles. The molecule has 0 radical (unpaired) electrons. The summed E-state index contributed by atoms with van der Waals surface area (Å²) >= 11 is 9.86. The predicted molar refractivity (Wildman–Crippen MR) is 53.8 cm³/mol. The van der Waals surface area contributed by atoms with Crippen LogP contribution < -0.4 is 0 Å². The summed E-state index contributed by atoms with van der Waals surface area (Å²) in [6.45, 7) is 0. The van der Waals surface area contributed by atoms with Crippen LogP contribution in [0.3, 0.4) is 0 Å². The molecule has 0 aliphatic rings. The molecule has 0 aromatic heterocycles. The molecule has 0 aliphatic heterocycles. The van der Waals surface area contributed by atoms with Gasteiger partial charge >= 0.3 is 0 Å². The highest BCUT2D eigenvalue weighted by atomic mass is 35.5. The van der Waals surface area contributed by atoms with Gasteiger partial charge in [-0.1, -0.05) is 17.7 Å². The molecular formula is C7H8ClNOS2. The third-order valence-electron chi connectivity index (χ3n) is 1.36. The second-order valence-electron chi connectivity index (χ2n) is 2.43. The van der Waals surface area contributed by atoms with Crippen LogP contribution in [0.4, 0.5) is 0 Å². The summed E-state index contributed by atoms with van der Waals surface area (Å²) in [7, 11) is -2.74. The molecule has 0 fully saturated rings. The Bertz CT molecular complexity index is 400. The molecule has 1 atom stereocenters. The lowest BCUT2D eigenvalue weighted by molar-refractivity contribution is 0.679. The van der Waals surface area contributed by atoms with Crippen molar-refractivity contribution < 1.29 is 4.21 Å². The molecule has 0 aliphatic carbocycles. The van der Waals surface area contributed by atoms with E-state index >= 15 is 0 Å². The maximum absolute atomic E-state index is 11.3. The Kier molecular flexibility index (Phi) is 2.70. The van der Waals surface area contributed by atoms with E-state index in [1.165, 1.54) is 6.26 Å². The van der Waals surface area contributed by atoms with Crippen molar-refractivity contribution in [3.8, 4) is 0 Å². The number of hydrogen-bond acceptors (Lipinski definition) is 3. The normalized spacial score (nSPS) is 15.6. The zero-order valence-electron chi connectivity index (χ0n) is 6.37. The van der Waals surface area contributed by atoms with Crippen molar-refractivity contribution in [2.75, 3.05) is 6.26 Å². The number of hydrogen-bond donors (Lipinski definition) is 2. The zero-order valence-corrected chi connectivity index (χ0v) is 8.84. The van der Waals surface area contributed by atoms with E-state index < -0.39 is 9.73 Å². The van der Waals surface area contributed by atoms with Crippen LogP contribution >= 0.6 is 24.2 Å². The van der Waals surface area contributed by atoms with Crippen LogP contribution in [0.1, 0.15) is 0 Å². The van der Waals surface area contributed by atoms with Gasteiger partial charge in [-0.25, -0.2) is 8.99 Å². The third kappa shape index (κ3) is 1.94. The van der Waals surface area contributed by atoms with Crippen LogP contribution in [0.25, 0.3) is 0 Å². The Morgan fingerprint density at radius 3 is 2.58 bits per heavy atom. The molecule has 0 heterocycles. The van der Waals surface area contributed by atoms with E-state index in [0.717, 1.165) is 0 Å². The molecule has 5 heteroatoms. The Morgan fingerprint density at radius 2 is 2.17 bits per heavy atom. The van der Waals surface area contributed by atoms with E-state index in [2.05, 4.69) is 12.6 Å². The summed E-state index contributed by atoms with van der Waals surface area (Å²) in [6.07, 6.45) is 1.33. The van der Waals surface area contributed by atoms with Gasteiger partial charge in [0.25, 0.3) is 0 Å². The first-order valence-electron chi connectivity index (χ1n) is 3.14. The third-order valence-corrected chi connectivity index (χ3v) is 3.57. The van der Waals surface area contributed by atoms with Crippen LogP contribution in [0.2, 0.25) is 5.02 Å². The topological polar surface area (TPSA) is 40.9 Å². The Hall–Kier alpha value is -0.190. The molecule has 0 bridgehead atoms. The van der Waals surface area contributed by atoms with Crippen molar-refractivity contribution in [3.05, 3.63) is 23.2 Å². The zero-order chi connectivity index (χ0) is 9.35. The van der Waals surface area contributed by atoms with Crippen LogP contribution in [-0.2, 0) is 9.73 Å². The van der Waals surface area contributed by atoms with Gasteiger partial charge in [-0.15, -0.1) is 12.6 Å². The minimum atomic E-state index is -2.74. The average Bonchev–Trinajstić information content (AvgIpc) is 1.92. The molecule has 0 amide bonds. The Labute approximate surface area is 82.3 Å². The molecule has 12 heavy (non-hydrogen) atoms. The predicted octanol–water partition coefficient (Wildman–Crippen LogP) is 2.66. The van der Waals surface area contributed by atoms with Crippen molar-refractivity contribution in [2.24, 2.45) is 0 Å². The second-order valence-corrected chi connectivity index (χ2v) is 5.42. The van der Waals surface area contributed by atoms with Crippen molar-refractivity contribution >= 4 is 34.0 Å². The lowest BCUT2D eigenvalue weighted by Crippen LogP contribution is -1.95. The van der Waals surface area contributed by atoms with Crippen molar-refractivity contribution in [1.82, 2.24) is 0 Å². The fraction of sp³-hybridized carbons (Fsp3) is 0.143. The van der Waals surface area contributed by atoms with Gasteiger partial charge < -0.3 is 0 Å². The molecule has 1 aromatic rings. The SMILES string of the molecule is CS(=N)(=O)c1cccc(S)c1Cl. The lowest BCUT2D eigenvalue weighted by atomic mass is 10.4. The van der Waals surface area contributed by atoms with Gasteiger partial charge in [0.05, 0.1) is 19.6 Å². The van der Waals surface area contributed by atoms with Gasteiger partial charge in [0.1, 0.15) is 0 Å². The summed E-state index contributed by atoms with van der Waals surface area (Å²) in [5, 5.41) is 0.309. The minimum absolute atomic E-state index is 0.309. The van der Waals surface area contributed by atoms with Crippen LogP contribution in [-0.4, -0.2) is 10.5 Å². The summed E-state index contributed by atoms with van der Waals surface area (Å²) in [4.78, 5) is 0.896. The minimum Gasteiger partial charge on any atom is -0.249 e. The van der Waals surface area contributed by atoms with E-state index in [9.17, 15) is 4.21 Å². The van der Waals surface area contributed by atoms with E-state index in [1.807, 2.05) is 0 Å². The van der Waals surface area contributed by atoms with E-state index in [4.69, 9.17) is 16.4 Å². The molecule has 1 N–H and O–H groups in total. The molecule has 2 nitrogen and oxygen atoms in total. The first-order chi connectivity index (χ1) is 5.43. The van der Waals surface area contributed by atoms with Crippen molar-refractivity contribution in [3.63, 3.8) is 0 Å². The number of rotatable bonds is 1. The van der Waals surface area contributed by atoms with Gasteiger partial charge in [0.2, 0.25) is 0 Å². The number of benzene rings is 1. The molecular weight excluding hydrogens is 214 g/mol. The number of nitrogens with one attached hydrogen (secondary N) is 1. The van der Waals surface area contributed by atoms with Crippen LogP contribution in [0.5, 0.6) is 0 Å². The van der Waals surface area contributed by atoms with Gasteiger partial charge in [-0.05, 0) is 12.1 Å². The van der Waals surface area contributed by atoms with Crippen LogP contribution in [0.15, 0.2) is 28.0 Å². The first kappa shape index (κ1) is 9.89. The fourth-order valence-corrected chi connectivity index (χ4v) is 2.44. The second kappa shape index (κ2) is 3.28. The van der Waals surface area contributed by atoms with Gasteiger partial charge in [-0.3, -0.25) is 0 Å². The maximum atomic E-state index is 11.3. The van der Waals surface area contributed by atoms with Gasteiger partial charge in [0, 0.05) is 11.2 Å². The molecule has 0 saturated carbocycles. The van der Waals surface area contributed by atoms with E-state index in [1.54, 1.807) is 18.2 Å². The van der Waals surface area contributed by atoms with E-state index in [0.29, 0.717) is 14.8 Å². The first-order valence-corrected chi connectivity index (χ1v) is 5.93. The number of thiol groups is 1. The van der Waals surface area contributed by atoms with Gasteiger partial charge in [0.15, 0.2) is 0 Å². The fourth-order valence-electron chi connectivity index (χ4n) is 0.800. The molecule has 0 saturated heterocycles. The highest BCUT2D eigenvalue weighted by Gasteiger charge is 2.09. The standard InChI is InChI=1S/C7H8ClNOS2/c1-12(9,10)6-4-2-3-5(11)7(6)8/h2-4,9,11H,1H3. The highest BCUT2D eigenvalue weighted by molar-refractivity contribution is 7.91. The monoisotopic (exact) mass is 221 g/mol. The van der Waals surface area contributed by atoms with Gasteiger partial charge in [-0.2, -0.15) is 0 Å². The quantitative estimate of drug-likeness (QED) is 0.704. The molecule has 1 unspecified atom stereocenters. The average molecular weight is 222 g/mol. The van der Waals surface area contributed by atoms with Crippen molar-refractivity contribution in [2.45, 2.75) is 9.79 Å². The van der Waals surface area contributed by atoms with E-state index in [-0.39, 0.29) is 0 Å². The Balaban J connectivity index is 3.47. The molecule has 1 rings (SSSR count). The summed E-state index contributed by atoms with van der Waals surface area (Å²) < 4.78 is 18.6. The summed E-state index contributed by atoms with van der Waals surface area (Å²) in [5.74, 6) is 0. The smallest absolute Gasteiger partial charge is 0.0712 e. The van der Waals surface area contributed by atoms with Crippen LogP contribution in [0, 0.1) is 4.78 Å². The largest absolute Gasteiger partial charge is 0.249 e. The maximum Gasteiger partial charge on any atom is 0.0712 e.